The topological polar surface area (TPSA) is 21.1 Å². The number of likely N-dealkylation sites (tertiary alicyclic amines) is 1. The second-order valence-electron chi connectivity index (χ2n) is 4.63. The molecule has 0 saturated carbocycles. The second-order valence-corrected chi connectivity index (χ2v) is 5.75. The van der Waals surface area contributed by atoms with Crippen LogP contribution in [0.3, 0.4) is 0 Å². The molecule has 16 heavy (non-hydrogen) atoms. The van der Waals surface area contributed by atoms with E-state index in [1.807, 2.05) is 17.9 Å². The summed E-state index contributed by atoms with van der Waals surface area (Å²) < 4.78 is 2.96. The molecule has 1 saturated heterocycles. The Morgan fingerprint density at radius 3 is 3.12 bits per heavy atom. The van der Waals surface area contributed by atoms with Crippen molar-refractivity contribution >= 4 is 15.9 Å². The van der Waals surface area contributed by atoms with Gasteiger partial charge in [-0.05, 0) is 30.9 Å². The second kappa shape index (κ2) is 5.15. The van der Waals surface area contributed by atoms with Crippen molar-refractivity contribution in [2.45, 2.75) is 12.8 Å². The van der Waals surface area contributed by atoms with E-state index in [0.717, 1.165) is 23.4 Å². The minimum absolute atomic E-state index is 0.774. The minimum atomic E-state index is 0.774. The summed E-state index contributed by atoms with van der Waals surface area (Å²) in [6.45, 7) is 7.24. The summed E-state index contributed by atoms with van der Waals surface area (Å²) >= 11 is 3.43. The van der Waals surface area contributed by atoms with Crippen LogP contribution in [0, 0.1) is 5.92 Å². The number of halogens is 1. The van der Waals surface area contributed by atoms with Crippen molar-refractivity contribution in [1.82, 2.24) is 14.7 Å². The molecule has 2 heterocycles. The van der Waals surface area contributed by atoms with Gasteiger partial charge in [-0.2, -0.15) is 5.10 Å². The number of hydrogen-bond donors (Lipinski definition) is 0. The largest absolute Gasteiger partial charge is 0.298 e. The smallest absolute Gasteiger partial charge is 0.0521 e. The molecule has 0 N–H and O–H groups in total. The fourth-order valence-electron chi connectivity index (χ4n) is 2.38. The molecule has 2 rings (SSSR count). The van der Waals surface area contributed by atoms with Crippen LogP contribution >= 0.6 is 15.9 Å². The molecular weight excluding hydrogens is 266 g/mol. The first-order valence-corrected chi connectivity index (χ1v) is 6.46. The van der Waals surface area contributed by atoms with Crippen LogP contribution in [0.2, 0.25) is 0 Å². The van der Waals surface area contributed by atoms with Gasteiger partial charge in [0.25, 0.3) is 0 Å². The van der Waals surface area contributed by atoms with Gasteiger partial charge in [-0.25, -0.2) is 0 Å². The number of aromatic nitrogens is 2. The highest BCUT2D eigenvalue weighted by Gasteiger charge is 2.22. The Morgan fingerprint density at radius 2 is 2.50 bits per heavy atom. The molecular formula is C12H18BrN3. The molecule has 1 fully saturated rings. The van der Waals surface area contributed by atoms with Crippen molar-refractivity contribution in [1.29, 1.82) is 0 Å². The molecule has 1 aromatic rings. The first-order valence-electron chi connectivity index (χ1n) is 5.66. The third kappa shape index (κ3) is 3.19. The van der Waals surface area contributed by atoms with Gasteiger partial charge < -0.3 is 0 Å². The Balaban J connectivity index is 1.82. The molecule has 0 bridgehead atoms. The van der Waals surface area contributed by atoms with E-state index in [-0.39, 0.29) is 0 Å². The Hall–Kier alpha value is -0.610. The lowest BCUT2D eigenvalue weighted by atomic mass is 10.0. The van der Waals surface area contributed by atoms with Gasteiger partial charge >= 0.3 is 0 Å². The monoisotopic (exact) mass is 283 g/mol. The van der Waals surface area contributed by atoms with Crippen LogP contribution in [-0.4, -0.2) is 34.3 Å². The highest BCUT2D eigenvalue weighted by atomic mass is 79.9. The van der Waals surface area contributed by atoms with Gasteiger partial charge in [-0.3, -0.25) is 9.58 Å². The van der Waals surface area contributed by atoms with Crippen LogP contribution in [0.4, 0.5) is 0 Å². The van der Waals surface area contributed by atoms with Crippen molar-refractivity contribution in [2.24, 2.45) is 13.0 Å². The van der Waals surface area contributed by atoms with E-state index in [2.05, 4.69) is 38.7 Å². The lowest BCUT2D eigenvalue weighted by Gasteiger charge is -2.14. The van der Waals surface area contributed by atoms with E-state index in [4.69, 9.17) is 0 Å². The highest BCUT2D eigenvalue weighted by Crippen LogP contribution is 2.21. The third-order valence-electron chi connectivity index (χ3n) is 3.05. The average molecular weight is 284 g/mol. The van der Waals surface area contributed by atoms with Gasteiger partial charge in [0.1, 0.15) is 0 Å². The SMILES string of the molecule is C=C(Br)CN1CCC(Cc2cnn(C)c2)C1. The maximum Gasteiger partial charge on any atom is 0.0521 e. The minimum Gasteiger partial charge on any atom is -0.298 e. The molecule has 0 radical (unpaired) electrons. The molecule has 1 unspecified atom stereocenters. The average Bonchev–Trinajstić information content (AvgIpc) is 2.76. The lowest BCUT2D eigenvalue weighted by Crippen LogP contribution is -2.22. The summed E-state index contributed by atoms with van der Waals surface area (Å²) in [6, 6.07) is 0. The zero-order valence-corrected chi connectivity index (χ0v) is 11.3. The van der Waals surface area contributed by atoms with Crippen molar-refractivity contribution in [3.05, 3.63) is 29.0 Å². The van der Waals surface area contributed by atoms with Crippen molar-refractivity contribution in [2.75, 3.05) is 19.6 Å². The highest BCUT2D eigenvalue weighted by molar-refractivity contribution is 9.11. The molecule has 0 aromatic carbocycles. The van der Waals surface area contributed by atoms with Crippen LogP contribution in [0.15, 0.2) is 23.5 Å². The summed E-state index contributed by atoms with van der Waals surface area (Å²) in [5, 5.41) is 4.21. The van der Waals surface area contributed by atoms with Gasteiger partial charge in [0.05, 0.1) is 6.20 Å². The normalized spacial score (nSPS) is 21.5. The van der Waals surface area contributed by atoms with Gasteiger partial charge in [-0.1, -0.05) is 22.5 Å². The van der Waals surface area contributed by atoms with Crippen molar-refractivity contribution in [3.63, 3.8) is 0 Å². The van der Waals surface area contributed by atoms with Crippen molar-refractivity contribution in [3.8, 4) is 0 Å². The molecule has 88 valence electrons. The maximum absolute atomic E-state index is 4.21. The fourth-order valence-corrected chi connectivity index (χ4v) is 2.73. The van der Waals surface area contributed by atoms with Gasteiger partial charge in [0.2, 0.25) is 0 Å². The molecule has 1 aliphatic rings. The molecule has 1 aromatic heterocycles. The zero-order chi connectivity index (χ0) is 11.5. The summed E-state index contributed by atoms with van der Waals surface area (Å²) in [5.41, 5.74) is 1.35. The quantitative estimate of drug-likeness (QED) is 0.845. The standard InChI is InChI=1S/C12H18BrN3/c1-10(13)7-16-4-3-11(9-16)5-12-6-14-15(2)8-12/h6,8,11H,1,3-5,7,9H2,2H3. The van der Waals surface area contributed by atoms with Crippen LogP contribution < -0.4 is 0 Å². The first kappa shape index (κ1) is 11.9. The van der Waals surface area contributed by atoms with Gasteiger partial charge in [0.15, 0.2) is 0 Å². The van der Waals surface area contributed by atoms with E-state index < -0.39 is 0 Å². The molecule has 4 heteroatoms. The number of aryl methyl sites for hydroxylation is 1. The van der Waals surface area contributed by atoms with Crippen LogP contribution in [-0.2, 0) is 13.5 Å². The molecule has 1 aliphatic heterocycles. The summed E-state index contributed by atoms with van der Waals surface area (Å²) in [7, 11) is 1.97. The van der Waals surface area contributed by atoms with E-state index >= 15 is 0 Å². The summed E-state index contributed by atoms with van der Waals surface area (Å²) in [5.74, 6) is 0.774. The molecule has 0 spiro atoms. The Bertz CT molecular complexity index is 372. The Labute approximate surface area is 105 Å². The first-order chi connectivity index (χ1) is 7.63. The van der Waals surface area contributed by atoms with E-state index in [1.165, 1.54) is 25.1 Å². The van der Waals surface area contributed by atoms with E-state index in [9.17, 15) is 0 Å². The zero-order valence-electron chi connectivity index (χ0n) is 9.69. The third-order valence-corrected chi connectivity index (χ3v) is 3.30. The van der Waals surface area contributed by atoms with Gasteiger partial charge in [0, 0.05) is 30.8 Å². The fraction of sp³-hybridized carbons (Fsp3) is 0.583. The van der Waals surface area contributed by atoms with Crippen LogP contribution in [0.1, 0.15) is 12.0 Å². The molecule has 3 nitrogen and oxygen atoms in total. The predicted octanol–water partition coefficient (Wildman–Crippen LogP) is 2.19. The summed E-state index contributed by atoms with van der Waals surface area (Å²) in [6.07, 6.45) is 6.53. The molecule has 0 amide bonds. The number of rotatable bonds is 4. The Morgan fingerprint density at radius 1 is 1.69 bits per heavy atom. The Kier molecular flexibility index (Phi) is 3.82. The van der Waals surface area contributed by atoms with Crippen LogP contribution in [0.25, 0.3) is 0 Å². The predicted molar refractivity (Wildman–Crippen MR) is 69.5 cm³/mol. The molecule has 0 aliphatic carbocycles. The van der Waals surface area contributed by atoms with E-state index in [1.54, 1.807) is 0 Å². The van der Waals surface area contributed by atoms with E-state index in [0.29, 0.717) is 0 Å². The van der Waals surface area contributed by atoms with Crippen LogP contribution in [0.5, 0.6) is 0 Å². The lowest BCUT2D eigenvalue weighted by molar-refractivity contribution is 0.357. The van der Waals surface area contributed by atoms with Gasteiger partial charge in [-0.15, -0.1) is 0 Å². The maximum atomic E-state index is 4.21. The van der Waals surface area contributed by atoms with Crippen molar-refractivity contribution < 1.29 is 0 Å². The molecule has 1 atom stereocenters. The number of nitrogens with zero attached hydrogens (tertiary/aromatic N) is 3. The number of hydrogen-bond acceptors (Lipinski definition) is 2. The summed E-state index contributed by atoms with van der Waals surface area (Å²) in [4.78, 5) is 2.46.